The van der Waals surface area contributed by atoms with Crippen LogP contribution in [0.3, 0.4) is 0 Å². The van der Waals surface area contributed by atoms with Crippen LogP contribution < -0.4 is 10.6 Å². The highest BCUT2D eigenvalue weighted by molar-refractivity contribution is 6.00. The van der Waals surface area contributed by atoms with E-state index >= 15 is 0 Å². The van der Waals surface area contributed by atoms with E-state index in [0.29, 0.717) is 23.8 Å². The van der Waals surface area contributed by atoms with Gasteiger partial charge in [0.2, 0.25) is 11.7 Å². The topological polar surface area (TPSA) is 80.0 Å². The average molecular weight is 322 g/mol. The summed E-state index contributed by atoms with van der Waals surface area (Å²) in [7, 11) is 0. The zero-order valence-corrected chi connectivity index (χ0v) is 13.5. The van der Waals surface area contributed by atoms with Gasteiger partial charge in [0.25, 0.3) is 0 Å². The first kappa shape index (κ1) is 15.7. The minimum absolute atomic E-state index is 0.287. The Morgan fingerprint density at radius 3 is 2.50 bits per heavy atom. The molecule has 0 aliphatic rings. The highest BCUT2D eigenvalue weighted by atomic mass is 16.5. The van der Waals surface area contributed by atoms with Crippen molar-refractivity contribution in [1.29, 1.82) is 0 Å². The second-order valence-electron chi connectivity index (χ2n) is 5.34. The Kier molecular flexibility index (Phi) is 4.56. The lowest BCUT2D eigenvalue weighted by molar-refractivity contribution is 0.262. The van der Waals surface area contributed by atoms with Crippen LogP contribution >= 0.6 is 0 Å². The summed E-state index contributed by atoms with van der Waals surface area (Å²) in [4.78, 5) is 16.3. The lowest BCUT2D eigenvalue weighted by Crippen LogP contribution is -2.19. The van der Waals surface area contributed by atoms with E-state index in [1.54, 1.807) is 12.1 Å². The first-order chi connectivity index (χ1) is 11.7. The molecule has 0 aliphatic carbocycles. The Morgan fingerprint density at radius 1 is 1.08 bits per heavy atom. The van der Waals surface area contributed by atoms with Crippen LogP contribution in [0.2, 0.25) is 0 Å². The number of nitrogens with zero attached hydrogens (tertiary/aromatic N) is 2. The maximum atomic E-state index is 12.1. The fourth-order valence-electron chi connectivity index (χ4n) is 2.22. The second kappa shape index (κ2) is 6.95. The Balaban J connectivity index is 1.65. The summed E-state index contributed by atoms with van der Waals surface area (Å²) < 4.78 is 5.10. The van der Waals surface area contributed by atoms with Crippen molar-refractivity contribution in [2.24, 2.45) is 0 Å². The zero-order chi connectivity index (χ0) is 16.9. The van der Waals surface area contributed by atoms with Crippen molar-refractivity contribution in [3.8, 4) is 11.4 Å². The summed E-state index contributed by atoms with van der Waals surface area (Å²) in [5, 5.41) is 9.55. The summed E-state index contributed by atoms with van der Waals surface area (Å²) >= 11 is 0. The zero-order valence-electron chi connectivity index (χ0n) is 13.5. The number of aromatic nitrogens is 2. The van der Waals surface area contributed by atoms with Gasteiger partial charge in [-0.25, -0.2) is 4.79 Å². The van der Waals surface area contributed by atoms with Crippen LogP contribution in [0.4, 0.5) is 16.2 Å². The molecule has 6 nitrogen and oxygen atoms in total. The van der Waals surface area contributed by atoms with Gasteiger partial charge in [0.1, 0.15) is 0 Å². The van der Waals surface area contributed by atoms with Gasteiger partial charge in [-0.2, -0.15) is 4.98 Å². The smallest absolute Gasteiger partial charge is 0.323 e. The molecule has 122 valence electrons. The van der Waals surface area contributed by atoms with E-state index < -0.39 is 0 Å². The first-order valence-corrected chi connectivity index (χ1v) is 7.72. The number of anilines is 2. The molecule has 6 heteroatoms. The Labute approximate surface area is 139 Å². The number of urea groups is 1. The van der Waals surface area contributed by atoms with E-state index in [4.69, 9.17) is 4.52 Å². The Hall–Kier alpha value is -3.15. The molecule has 24 heavy (non-hydrogen) atoms. The van der Waals surface area contributed by atoms with E-state index in [-0.39, 0.29) is 6.03 Å². The molecule has 0 atom stereocenters. The summed E-state index contributed by atoms with van der Waals surface area (Å²) in [6, 6.07) is 14.6. The lowest BCUT2D eigenvalue weighted by Gasteiger charge is -2.09. The molecule has 0 spiro atoms. The minimum atomic E-state index is -0.287. The lowest BCUT2D eigenvalue weighted by atomic mass is 10.2. The van der Waals surface area contributed by atoms with Gasteiger partial charge in [-0.05, 0) is 42.8 Å². The van der Waals surface area contributed by atoms with Crippen molar-refractivity contribution in [2.75, 3.05) is 10.6 Å². The van der Waals surface area contributed by atoms with Crippen LogP contribution in [-0.4, -0.2) is 16.2 Å². The van der Waals surface area contributed by atoms with Gasteiger partial charge in [0.05, 0.1) is 0 Å². The Bertz CT molecular complexity index is 840. The van der Waals surface area contributed by atoms with Crippen LogP contribution in [0.15, 0.2) is 53.1 Å². The van der Waals surface area contributed by atoms with Crippen LogP contribution in [0, 0.1) is 6.92 Å². The average Bonchev–Trinajstić information content (AvgIpc) is 3.07. The maximum absolute atomic E-state index is 12.1. The van der Waals surface area contributed by atoms with Crippen molar-refractivity contribution in [1.82, 2.24) is 10.1 Å². The summed E-state index contributed by atoms with van der Waals surface area (Å²) in [6.07, 6.45) is 0.700. The number of rotatable bonds is 4. The maximum Gasteiger partial charge on any atom is 0.323 e. The Morgan fingerprint density at radius 2 is 1.83 bits per heavy atom. The number of hydrogen-bond acceptors (Lipinski definition) is 4. The first-order valence-electron chi connectivity index (χ1n) is 7.72. The highest BCUT2D eigenvalue weighted by Gasteiger charge is 2.08. The molecule has 3 aromatic rings. The number of aryl methyl sites for hydroxylation is 2. The molecule has 0 radical (unpaired) electrons. The number of hydrogen-bond donors (Lipinski definition) is 2. The third kappa shape index (κ3) is 3.60. The van der Waals surface area contributed by atoms with Gasteiger partial charge in [-0.15, -0.1) is 0 Å². The molecule has 1 aromatic heterocycles. The summed E-state index contributed by atoms with van der Waals surface area (Å²) in [5.41, 5.74) is 3.31. The van der Waals surface area contributed by atoms with Crippen molar-refractivity contribution in [2.45, 2.75) is 20.3 Å². The van der Waals surface area contributed by atoms with Crippen molar-refractivity contribution >= 4 is 17.4 Å². The van der Waals surface area contributed by atoms with Crippen LogP contribution in [0.1, 0.15) is 18.4 Å². The molecule has 0 bridgehead atoms. The van der Waals surface area contributed by atoms with E-state index in [1.807, 2.05) is 50.2 Å². The molecular weight excluding hydrogens is 304 g/mol. The summed E-state index contributed by atoms with van der Waals surface area (Å²) in [6.45, 7) is 3.90. The molecule has 0 unspecified atom stereocenters. The molecule has 0 fully saturated rings. The normalized spacial score (nSPS) is 10.4. The molecule has 2 amide bonds. The van der Waals surface area contributed by atoms with Crippen molar-refractivity contribution in [3.63, 3.8) is 0 Å². The van der Waals surface area contributed by atoms with Crippen molar-refractivity contribution in [3.05, 3.63) is 60.0 Å². The largest absolute Gasteiger partial charge is 0.339 e. The number of amides is 2. The molecule has 2 N–H and O–H groups in total. The number of para-hydroxylation sites is 1. The molecule has 1 heterocycles. The molecule has 3 rings (SSSR count). The van der Waals surface area contributed by atoms with Crippen LogP contribution in [-0.2, 0) is 6.42 Å². The fraction of sp³-hybridized carbons (Fsp3) is 0.167. The van der Waals surface area contributed by atoms with Gasteiger partial charge in [-0.1, -0.05) is 30.3 Å². The number of carbonyl (C=O) groups is 1. The van der Waals surface area contributed by atoms with Gasteiger partial charge in [0, 0.05) is 23.4 Å². The van der Waals surface area contributed by atoms with Gasteiger partial charge in [-0.3, -0.25) is 0 Å². The molecule has 2 aromatic carbocycles. The second-order valence-corrected chi connectivity index (χ2v) is 5.34. The predicted octanol–water partition coefficient (Wildman–Crippen LogP) is 4.25. The van der Waals surface area contributed by atoms with Gasteiger partial charge >= 0.3 is 6.03 Å². The van der Waals surface area contributed by atoms with Gasteiger partial charge < -0.3 is 15.2 Å². The quantitative estimate of drug-likeness (QED) is 0.752. The van der Waals surface area contributed by atoms with E-state index in [9.17, 15) is 4.79 Å². The predicted molar refractivity (Wildman–Crippen MR) is 92.9 cm³/mol. The SMILES string of the molecule is CCc1nc(-c2ccc(NC(=O)Nc3ccccc3C)cc2)no1. The van der Waals surface area contributed by atoms with Gasteiger partial charge in [0.15, 0.2) is 0 Å². The third-order valence-corrected chi connectivity index (χ3v) is 3.56. The fourth-order valence-corrected chi connectivity index (χ4v) is 2.22. The van der Waals surface area contributed by atoms with Crippen LogP contribution in [0.5, 0.6) is 0 Å². The standard InChI is InChI=1S/C18H18N4O2/c1-3-16-21-17(22-24-16)13-8-10-14(11-9-13)19-18(23)20-15-7-5-4-6-12(15)2/h4-11H,3H2,1-2H3,(H2,19,20,23). The molecule has 0 aliphatic heterocycles. The number of nitrogens with one attached hydrogen (secondary N) is 2. The van der Waals surface area contributed by atoms with E-state index in [1.165, 1.54) is 0 Å². The monoisotopic (exact) mass is 322 g/mol. The summed E-state index contributed by atoms with van der Waals surface area (Å²) in [5.74, 6) is 1.15. The van der Waals surface area contributed by atoms with Crippen molar-refractivity contribution < 1.29 is 9.32 Å². The molecule has 0 saturated carbocycles. The molecule has 0 saturated heterocycles. The third-order valence-electron chi connectivity index (χ3n) is 3.56. The number of carbonyl (C=O) groups excluding carboxylic acids is 1. The van der Waals surface area contributed by atoms with E-state index in [2.05, 4.69) is 20.8 Å². The highest BCUT2D eigenvalue weighted by Crippen LogP contribution is 2.19. The minimum Gasteiger partial charge on any atom is -0.339 e. The van der Waals surface area contributed by atoms with Crippen LogP contribution in [0.25, 0.3) is 11.4 Å². The molecular formula is C18H18N4O2. The number of benzene rings is 2. The van der Waals surface area contributed by atoms with E-state index in [0.717, 1.165) is 16.8 Å².